The summed E-state index contributed by atoms with van der Waals surface area (Å²) in [5.74, 6) is 0.642. The van der Waals surface area contributed by atoms with E-state index in [2.05, 4.69) is 4.98 Å². The summed E-state index contributed by atoms with van der Waals surface area (Å²) in [5.41, 5.74) is 0.558. The third-order valence-electron chi connectivity index (χ3n) is 3.73. The molecule has 0 saturated carbocycles. The summed E-state index contributed by atoms with van der Waals surface area (Å²) < 4.78 is 17.9. The lowest BCUT2D eigenvalue weighted by atomic mass is 10.2. The van der Waals surface area contributed by atoms with Gasteiger partial charge < -0.3 is 14.2 Å². The van der Waals surface area contributed by atoms with Crippen LogP contribution in [0.2, 0.25) is 0 Å². The van der Waals surface area contributed by atoms with Gasteiger partial charge in [0.2, 0.25) is 0 Å². The van der Waals surface area contributed by atoms with Crippen LogP contribution >= 0.6 is 0 Å². The van der Waals surface area contributed by atoms with E-state index in [0.29, 0.717) is 36.5 Å². The van der Waals surface area contributed by atoms with E-state index in [-0.39, 0.29) is 17.7 Å². The molecule has 6 heteroatoms. The van der Waals surface area contributed by atoms with Crippen molar-refractivity contribution in [3.63, 3.8) is 0 Å². The van der Waals surface area contributed by atoms with Gasteiger partial charge in [-0.05, 0) is 25.1 Å². The first-order chi connectivity index (χ1) is 10.2. The summed E-state index contributed by atoms with van der Waals surface area (Å²) in [6.45, 7) is 3.48. The third kappa shape index (κ3) is 2.52. The summed E-state index contributed by atoms with van der Waals surface area (Å²) in [6.07, 6.45) is 1.46. The molecule has 1 aliphatic heterocycles. The molecule has 1 aromatic carbocycles. The Morgan fingerprint density at radius 3 is 3.05 bits per heavy atom. The highest BCUT2D eigenvalue weighted by atomic mass is 16.5. The van der Waals surface area contributed by atoms with Crippen LogP contribution in [0.15, 0.2) is 29.3 Å². The fourth-order valence-electron chi connectivity index (χ4n) is 2.63. The van der Waals surface area contributed by atoms with E-state index in [1.54, 1.807) is 36.2 Å². The molecule has 0 amide bonds. The van der Waals surface area contributed by atoms with E-state index in [0.717, 1.165) is 0 Å². The summed E-state index contributed by atoms with van der Waals surface area (Å²) >= 11 is 0. The lowest BCUT2D eigenvalue weighted by molar-refractivity contribution is 0.0356. The topological polar surface area (TPSA) is 62.6 Å². The Morgan fingerprint density at radius 1 is 1.43 bits per heavy atom. The summed E-state index contributed by atoms with van der Waals surface area (Å²) in [6, 6.07) is 5.15. The molecule has 0 unspecified atom stereocenters. The molecule has 1 aromatic heterocycles. The van der Waals surface area contributed by atoms with Gasteiger partial charge in [-0.25, -0.2) is 4.98 Å². The summed E-state index contributed by atoms with van der Waals surface area (Å²) in [5, 5.41) is 0.541. The molecule has 21 heavy (non-hydrogen) atoms. The number of methoxy groups -OCH3 is 1. The van der Waals surface area contributed by atoms with E-state index in [1.165, 1.54) is 0 Å². The molecule has 0 bridgehead atoms. The Labute approximate surface area is 122 Å². The minimum absolute atomic E-state index is 0.0981. The van der Waals surface area contributed by atoms with Crippen LogP contribution < -0.4 is 10.3 Å². The Bertz CT molecular complexity index is 698. The minimum atomic E-state index is -0.138. The Hall–Kier alpha value is -1.92. The molecule has 2 heterocycles. The smallest absolute Gasteiger partial charge is 0.261 e. The molecule has 3 rings (SSSR count). The zero-order valence-electron chi connectivity index (χ0n) is 12.1. The quantitative estimate of drug-likeness (QED) is 0.851. The van der Waals surface area contributed by atoms with Gasteiger partial charge in [-0.2, -0.15) is 0 Å². The number of rotatable bonds is 4. The van der Waals surface area contributed by atoms with Crippen molar-refractivity contribution < 1.29 is 14.2 Å². The molecule has 0 spiro atoms. The van der Waals surface area contributed by atoms with Gasteiger partial charge in [0.25, 0.3) is 5.56 Å². The number of fused-ring (bicyclic) bond motifs is 1. The van der Waals surface area contributed by atoms with Crippen LogP contribution in [0.1, 0.15) is 13.0 Å². The average Bonchev–Trinajstić information content (AvgIpc) is 2.96. The number of ether oxygens (including phenoxy) is 3. The normalized spacial score (nSPS) is 21.8. The van der Waals surface area contributed by atoms with E-state index in [9.17, 15) is 4.79 Å². The van der Waals surface area contributed by atoms with Crippen LogP contribution in [0.3, 0.4) is 0 Å². The highest BCUT2D eigenvalue weighted by molar-refractivity contribution is 5.78. The molecule has 0 radical (unpaired) electrons. The monoisotopic (exact) mass is 290 g/mol. The zero-order valence-corrected chi connectivity index (χ0v) is 12.1. The number of aromatic nitrogens is 2. The predicted octanol–water partition coefficient (Wildman–Crippen LogP) is 1.38. The molecular formula is C15H18N2O4. The second-order valence-electron chi connectivity index (χ2n) is 4.94. The molecule has 0 N–H and O–H groups in total. The first kappa shape index (κ1) is 14.0. The van der Waals surface area contributed by atoms with E-state index < -0.39 is 0 Å². The molecular weight excluding hydrogens is 272 g/mol. The van der Waals surface area contributed by atoms with Crippen molar-refractivity contribution in [1.82, 2.24) is 9.55 Å². The zero-order chi connectivity index (χ0) is 14.8. The van der Waals surface area contributed by atoms with Gasteiger partial charge in [-0.3, -0.25) is 9.36 Å². The lowest BCUT2D eigenvalue weighted by Gasteiger charge is -2.19. The summed E-state index contributed by atoms with van der Waals surface area (Å²) in [4.78, 5) is 17.0. The number of hydrogen-bond donors (Lipinski definition) is 0. The van der Waals surface area contributed by atoms with Crippen LogP contribution in [0, 0.1) is 0 Å². The van der Waals surface area contributed by atoms with Gasteiger partial charge in [-0.1, -0.05) is 0 Å². The van der Waals surface area contributed by atoms with Crippen molar-refractivity contribution in [2.45, 2.75) is 19.1 Å². The molecule has 1 fully saturated rings. The van der Waals surface area contributed by atoms with E-state index in [4.69, 9.17) is 14.2 Å². The van der Waals surface area contributed by atoms with Crippen molar-refractivity contribution in [2.75, 3.05) is 26.9 Å². The molecule has 1 saturated heterocycles. The predicted molar refractivity (Wildman–Crippen MR) is 77.8 cm³/mol. The van der Waals surface area contributed by atoms with Gasteiger partial charge in [0, 0.05) is 6.61 Å². The van der Waals surface area contributed by atoms with E-state index in [1.807, 2.05) is 6.92 Å². The standard InChI is InChI=1S/C15H18N2O4/c1-3-21-14-8-20-7-13(14)17-9-16-12-5-4-10(19-2)6-11(12)15(17)18/h4-6,9,13-14H,3,7-8H2,1-2H3/t13-,14-/m0/s1. The number of benzene rings is 1. The molecule has 1 aliphatic rings. The molecule has 6 nitrogen and oxygen atoms in total. The fraction of sp³-hybridized carbons (Fsp3) is 0.467. The molecule has 0 aliphatic carbocycles. The van der Waals surface area contributed by atoms with Gasteiger partial charge >= 0.3 is 0 Å². The van der Waals surface area contributed by atoms with Gasteiger partial charge in [-0.15, -0.1) is 0 Å². The van der Waals surface area contributed by atoms with Crippen molar-refractivity contribution in [3.05, 3.63) is 34.9 Å². The largest absolute Gasteiger partial charge is 0.497 e. The second-order valence-corrected chi connectivity index (χ2v) is 4.94. The first-order valence-corrected chi connectivity index (χ1v) is 6.99. The molecule has 112 valence electrons. The highest BCUT2D eigenvalue weighted by Gasteiger charge is 2.31. The Morgan fingerprint density at radius 2 is 2.29 bits per heavy atom. The van der Waals surface area contributed by atoms with Crippen molar-refractivity contribution >= 4 is 10.9 Å². The van der Waals surface area contributed by atoms with Crippen LogP contribution in [-0.4, -0.2) is 42.6 Å². The average molecular weight is 290 g/mol. The number of nitrogens with zero attached hydrogens (tertiary/aromatic N) is 2. The second kappa shape index (κ2) is 5.83. The van der Waals surface area contributed by atoms with Crippen molar-refractivity contribution in [3.8, 4) is 5.75 Å². The SMILES string of the molecule is CCO[C@H]1COC[C@@H]1n1cnc2ccc(OC)cc2c1=O. The maximum absolute atomic E-state index is 12.7. The van der Waals surface area contributed by atoms with Gasteiger partial charge in [0.1, 0.15) is 11.9 Å². The van der Waals surface area contributed by atoms with Gasteiger partial charge in [0.15, 0.2) is 0 Å². The van der Waals surface area contributed by atoms with Crippen LogP contribution in [0.25, 0.3) is 10.9 Å². The first-order valence-electron chi connectivity index (χ1n) is 6.99. The van der Waals surface area contributed by atoms with Crippen molar-refractivity contribution in [2.24, 2.45) is 0 Å². The number of hydrogen-bond acceptors (Lipinski definition) is 5. The lowest BCUT2D eigenvalue weighted by Crippen LogP contribution is -2.33. The Balaban J connectivity index is 2.07. The van der Waals surface area contributed by atoms with E-state index >= 15 is 0 Å². The van der Waals surface area contributed by atoms with Crippen molar-refractivity contribution in [1.29, 1.82) is 0 Å². The molecule has 2 atom stereocenters. The highest BCUT2D eigenvalue weighted by Crippen LogP contribution is 2.22. The molecule has 2 aromatic rings. The van der Waals surface area contributed by atoms with Crippen LogP contribution in [-0.2, 0) is 9.47 Å². The van der Waals surface area contributed by atoms with Crippen LogP contribution in [0.4, 0.5) is 0 Å². The maximum Gasteiger partial charge on any atom is 0.261 e. The fourth-order valence-corrected chi connectivity index (χ4v) is 2.63. The Kier molecular flexibility index (Phi) is 3.90. The maximum atomic E-state index is 12.7. The third-order valence-corrected chi connectivity index (χ3v) is 3.73. The van der Waals surface area contributed by atoms with Gasteiger partial charge in [0.05, 0.1) is 43.6 Å². The van der Waals surface area contributed by atoms with Crippen LogP contribution in [0.5, 0.6) is 5.75 Å². The summed E-state index contributed by atoms with van der Waals surface area (Å²) in [7, 11) is 1.58. The minimum Gasteiger partial charge on any atom is -0.497 e.